The maximum absolute atomic E-state index is 15.5. The number of amides is 11. The molecular formula is C69H93N11O15S. The molecule has 0 radical (unpaired) electrons. The van der Waals surface area contributed by atoms with Crippen LogP contribution in [0.1, 0.15) is 136 Å². The molecule has 1 aliphatic heterocycles. The number of thioether (sulfide) groups is 1. The number of hydrogen-bond acceptors (Lipinski definition) is 16. The van der Waals surface area contributed by atoms with Gasteiger partial charge >= 0.3 is 12.2 Å². The lowest BCUT2D eigenvalue weighted by Gasteiger charge is -2.37. The van der Waals surface area contributed by atoms with Crippen LogP contribution in [0, 0.1) is 11.8 Å². The van der Waals surface area contributed by atoms with E-state index < -0.39 is 161 Å². The van der Waals surface area contributed by atoms with Crippen molar-refractivity contribution in [1.82, 2.24) is 42.1 Å². The number of carbonyl (C=O) groups is 12. The number of nitrogens with one attached hydrogen (secondary N) is 7. The third kappa shape index (κ3) is 24.0. The van der Waals surface area contributed by atoms with Crippen molar-refractivity contribution in [2.45, 2.75) is 179 Å². The average Bonchev–Trinajstić information content (AvgIpc) is 1.07. The van der Waals surface area contributed by atoms with Crippen molar-refractivity contribution in [2.75, 3.05) is 18.8 Å². The summed E-state index contributed by atoms with van der Waals surface area (Å²) in [6, 6.07) is 24.1. The minimum Gasteiger partial charge on any atom is -0.444 e. The highest BCUT2D eigenvalue weighted by atomic mass is 32.2. The third-order valence-electron chi connectivity index (χ3n) is 15.3. The summed E-state index contributed by atoms with van der Waals surface area (Å²) in [5, 5.41) is 18.3. The Kier molecular flexibility index (Phi) is 28.8. The van der Waals surface area contributed by atoms with Gasteiger partial charge in [-0.25, -0.2) is 9.59 Å². The van der Waals surface area contributed by atoms with E-state index in [1.165, 1.54) is 28.8 Å². The van der Waals surface area contributed by atoms with Crippen LogP contribution in [0.3, 0.4) is 0 Å². The van der Waals surface area contributed by atoms with Crippen molar-refractivity contribution in [2.24, 2.45) is 29.0 Å². The summed E-state index contributed by atoms with van der Waals surface area (Å²) in [6.45, 7) is 16.5. The minimum atomic E-state index is -1.86. The molecule has 5 rings (SSSR count). The van der Waals surface area contributed by atoms with Crippen LogP contribution in [0.4, 0.5) is 9.59 Å². The number of primary amides is 3. The normalized spacial score (nSPS) is 15.3. The lowest BCUT2D eigenvalue weighted by atomic mass is 9.84. The van der Waals surface area contributed by atoms with E-state index in [1.54, 1.807) is 67.5 Å². The van der Waals surface area contributed by atoms with Crippen LogP contribution in [0.25, 0.3) is 0 Å². The van der Waals surface area contributed by atoms with Gasteiger partial charge in [-0.1, -0.05) is 137 Å². The number of nitrogens with zero attached hydrogens (tertiary/aromatic N) is 1. The highest BCUT2D eigenvalue weighted by Gasteiger charge is 2.44. The van der Waals surface area contributed by atoms with Gasteiger partial charge in [0.05, 0.1) is 17.7 Å². The quantitative estimate of drug-likeness (QED) is 0.0179. The molecule has 1 saturated heterocycles. The molecule has 8 atom stereocenters. The molecule has 1 unspecified atom stereocenters. The number of likely N-dealkylation sites (tertiary alicyclic amines) is 1. The summed E-state index contributed by atoms with van der Waals surface area (Å²) in [5.74, 6) is -9.72. The van der Waals surface area contributed by atoms with Gasteiger partial charge in [-0.15, -0.1) is 11.8 Å². The van der Waals surface area contributed by atoms with E-state index in [2.05, 4.69) is 37.2 Å². The zero-order valence-electron chi connectivity index (χ0n) is 56.2. The van der Waals surface area contributed by atoms with Crippen LogP contribution in [0.15, 0.2) is 115 Å². The predicted octanol–water partition coefficient (Wildman–Crippen LogP) is 4.41. The molecule has 0 bridgehead atoms. The van der Waals surface area contributed by atoms with Gasteiger partial charge < -0.3 is 73.5 Å². The Hall–Kier alpha value is -9.53. The SMILES string of the molecule is CCC(C)[C@@H](NC(=O)[C@@H](Cc1ccc(OC(=O)OC(C)(C)C)cc1)NC(=O)OC(C)(C)C)C(=O)N[C@H](CCC(N)=O)C(=O)N[C@H](CC(N)=O)C(=O)N[C@H](CSC(c1ccccc1)(c1ccccc1)c1ccccc1)C(=O)N1CCC[C@H]1C(=O)N[C@H](CC(C)C)C(=O)NCC(N)=O. The summed E-state index contributed by atoms with van der Waals surface area (Å²) >= 11 is 1.29. The summed E-state index contributed by atoms with van der Waals surface area (Å²) < 4.78 is 14.9. The number of carbonyl (C=O) groups excluding carboxylic acids is 12. The Labute approximate surface area is 564 Å². The maximum Gasteiger partial charge on any atom is 0.514 e. The number of nitrogens with two attached hydrogens (primary N) is 3. The Balaban J connectivity index is 1.50. The lowest BCUT2D eigenvalue weighted by molar-refractivity contribution is -0.142. The Morgan fingerprint density at radius 3 is 1.59 bits per heavy atom. The Bertz CT molecular complexity index is 3250. The zero-order valence-corrected chi connectivity index (χ0v) is 57.0. The average molecular weight is 1350 g/mol. The predicted molar refractivity (Wildman–Crippen MR) is 360 cm³/mol. The van der Waals surface area contributed by atoms with E-state index in [9.17, 15) is 47.9 Å². The largest absolute Gasteiger partial charge is 0.514 e. The first-order valence-electron chi connectivity index (χ1n) is 31.9. The molecule has 0 aromatic heterocycles. The number of ether oxygens (including phenoxy) is 3. The molecule has 1 fully saturated rings. The lowest BCUT2D eigenvalue weighted by Crippen LogP contribution is -2.61. The summed E-state index contributed by atoms with van der Waals surface area (Å²) in [7, 11) is 0. The molecule has 96 heavy (non-hydrogen) atoms. The second kappa shape index (κ2) is 35.8. The molecule has 520 valence electrons. The van der Waals surface area contributed by atoms with Gasteiger partial charge in [0.25, 0.3) is 0 Å². The molecule has 26 nitrogen and oxygen atoms in total. The molecule has 0 spiro atoms. The first-order valence-corrected chi connectivity index (χ1v) is 32.9. The fourth-order valence-corrected chi connectivity index (χ4v) is 12.2. The third-order valence-corrected chi connectivity index (χ3v) is 17.0. The highest BCUT2D eigenvalue weighted by molar-refractivity contribution is 8.00. The van der Waals surface area contributed by atoms with Crippen LogP contribution < -0.4 is 59.2 Å². The molecular weight excluding hydrogens is 1250 g/mol. The van der Waals surface area contributed by atoms with Gasteiger partial charge in [0, 0.05) is 25.1 Å². The van der Waals surface area contributed by atoms with Crippen molar-refractivity contribution in [1.29, 1.82) is 0 Å². The molecule has 1 aliphatic rings. The molecule has 4 aromatic carbocycles. The van der Waals surface area contributed by atoms with Gasteiger partial charge in [0.15, 0.2) is 0 Å². The van der Waals surface area contributed by atoms with Crippen molar-refractivity contribution in [3.8, 4) is 5.75 Å². The minimum absolute atomic E-state index is 0.0297. The second-order valence-corrected chi connectivity index (χ2v) is 27.2. The summed E-state index contributed by atoms with van der Waals surface area (Å²) in [5.41, 5.74) is 17.7. The van der Waals surface area contributed by atoms with E-state index in [4.69, 9.17) is 31.4 Å². The number of rotatable bonds is 33. The molecule has 4 aromatic rings. The van der Waals surface area contributed by atoms with Gasteiger partial charge in [-0.2, -0.15) is 0 Å². The molecule has 11 amide bonds. The zero-order chi connectivity index (χ0) is 71.1. The van der Waals surface area contributed by atoms with Crippen LogP contribution in [-0.4, -0.2) is 149 Å². The van der Waals surface area contributed by atoms with Crippen LogP contribution in [0.5, 0.6) is 5.75 Å². The van der Waals surface area contributed by atoms with Crippen LogP contribution >= 0.6 is 11.8 Å². The van der Waals surface area contributed by atoms with Crippen molar-refractivity contribution in [3.63, 3.8) is 0 Å². The number of alkyl carbamates (subject to hydrolysis) is 1. The number of benzene rings is 4. The smallest absolute Gasteiger partial charge is 0.444 e. The van der Waals surface area contributed by atoms with Crippen LogP contribution in [-0.2, 0) is 68.6 Å². The second-order valence-electron chi connectivity index (χ2n) is 26.0. The topological polar surface area (TPSA) is 398 Å². The van der Waals surface area contributed by atoms with E-state index in [-0.39, 0.29) is 49.6 Å². The van der Waals surface area contributed by atoms with Crippen molar-refractivity contribution in [3.05, 3.63) is 138 Å². The van der Waals surface area contributed by atoms with Crippen LogP contribution in [0.2, 0.25) is 0 Å². The first kappa shape index (κ1) is 77.2. The van der Waals surface area contributed by atoms with Gasteiger partial charge in [-0.05, 0) is 113 Å². The highest BCUT2D eigenvalue weighted by Crippen LogP contribution is 2.49. The van der Waals surface area contributed by atoms with E-state index in [0.717, 1.165) is 16.7 Å². The summed E-state index contributed by atoms with van der Waals surface area (Å²) in [4.78, 5) is 166. The van der Waals surface area contributed by atoms with E-state index >= 15 is 9.59 Å². The fourth-order valence-electron chi connectivity index (χ4n) is 10.6. The van der Waals surface area contributed by atoms with Gasteiger partial charge in [0.2, 0.25) is 59.1 Å². The maximum atomic E-state index is 15.5. The molecule has 1 heterocycles. The Morgan fingerprint density at radius 1 is 0.573 bits per heavy atom. The van der Waals surface area contributed by atoms with Crippen molar-refractivity contribution < 1.29 is 71.7 Å². The summed E-state index contributed by atoms with van der Waals surface area (Å²) in [6.07, 6.45) is -2.98. The molecule has 27 heteroatoms. The van der Waals surface area contributed by atoms with Crippen molar-refractivity contribution >= 4 is 83.1 Å². The number of hydrogen-bond donors (Lipinski definition) is 10. The van der Waals surface area contributed by atoms with E-state index in [1.807, 2.05) is 105 Å². The van der Waals surface area contributed by atoms with E-state index in [0.29, 0.717) is 12.0 Å². The molecule has 13 N–H and O–H groups in total. The standard InChI is InChI=1S/C69H93N11O15S/c1-11-42(4)57(79-61(87)50(78-65(91)94-67(5,6)7)37-43-29-31-47(32-30-43)93-66(92)95-68(8,9)10)63(89)74-48(33-34-54(70)81)59(85)75-51(38-55(71)82)60(86)77-52(64(90)80-35-21-28-53(80)62(88)76-49(36-41(2)3)58(84)73-39-56(72)83)40-96-69(44-22-15-12-16-23-44,45-24-17-13-18-25-45)46-26-19-14-20-27-46/h12-20,22-27,29-32,41-42,48-53,57H,11,21,28,33-40H2,1-10H3,(H2,70,81)(H2,71,82)(H2,72,83)(H,73,84)(H,74,89)(H,75,85)(H,76,88)(H,77,86)(H,78,91)(H,79,87)/t42?,48-,49-,50-,51-,52-,53+,57-/m1/s1. The van der Waals surface area contributed by atoms with Gasteiger partial charge in [-0.3, -0.25) is 47.9 Å². The Morgan fingerprint density at radius 2 is 1.09 bits per heavy atom. The monoisotopic (exact) mass is 1350 g/mol. The fraction of sp³-hybridized carbons (Fsp3) is 0.478. The molecule has 0 saturated carbocycles. The van der Waals surface area contributed by atoms with Gasteiger partial charge in [0.1, 0.15) is 59.2 Å². The molecule has 0 aliphatic carbocycles. The first-order chi connectivity index (χ1) is 45.2.